The van der Waals surface area contributed by atoms with E-state index in [2.05, 4.69) is 6.92 Å². The zero-order chi connectivity index (χ0) is 18.0. The van der Waals surface area contributed by atoms with E-state index in [1.165, 1.54) is 7.11 Å². The summed E-state index contributed by atoms with van der Waals surface area (Å²) in [4.78, 5) is 28.5. The minimum absolute atomic E-state index is 0. The highest BCUT2D eigenvalue weighted by atomic mass is 32.1. The van der Waals surface area contributed by atoms with E-state index in [0.29, 0.717) is 30.4 Å². The second kappa shape index (κ2) is 8.66. The number of carbonyl (C=O) groups is 2. The van der Waals surface area contributed by atoms with E-state index >= 15 is 0 Å². The molecular formula is C19H28N2O4S. The molecule has 2 aliphatic heterocycles. The number of amides is 2. The average Bonchev–Trinajstić information content (AvgIpc) is 2.79. The van der Waals surface area contributed by atoms with Gasteiger partial charge in [-0.05, 0) is 37.8 Å². The summed E-state index contributed by atoms with van der Waals surface area (Å²) >= 11 is 0. The van der Waals surface area contributed by atoms with Gasteiger partial charge in [-0.25, -0.2) is 9.59 Å². The molecule has 0 saturated carbocycles. The fourth-order valence-corrected chi connectivity index (χ4v) is 3.34. The predicted molar refractivity (Wildman–Crippen MR) is 104 cm³/mol. The maximum absolute atomic E-state index is 13.0. The van der Waals surface area contributed by atoms with Gasteiger partial charge in [-0.2, -0.15) is 13.5 Å². The molecule has 0 aromatic heterocycles. The first-order chi connectivity index (χ1) is 12.0. The normalized spacial score (nSPS) is 20.3. The van der Waals surface area contributed by atoms with Crippen molar-refractivity contribution in [2.75, 3.05) is 26.8 Å². The summed E-state index contributed by atoms with van der Waals surface area (Å²) in [7, 11) is 1.36. The van der Waals surface area contributed by atoms with Crippen molar-refractivity contribution in [3.8, 4) is 5.75 Å². The molecule has 1 saturated heterocycles. The number of esters is 1. The number of rotatable bonds is 1. The lowest BCUT2D eigenvalue weighted by molar-refractivity contribution is 0.0600. The number of urea groups is 1. The first kappa shape index (κ1) is 20.4. The molecular weight excluding hydrogens is 352 g/mol. The van der Waals surface area contributed by atoms with Gasteiger partial charge in [0.1, 0.15) is 12.4 Å². The maximum atomic E-state index is 13.0. The number of hydrogen-bond donors (Lipinski definition) is 0. The van der Waals surface area contributed by atoms with Crippen LogP contribution in [0.15, 0.2) is 18.2 Å². The van der Waals surface area contributed by atoms with Crippen LogP contribution in [0.3, 0.4) is 0 Å². The third-order valence-electron chi connectivity index (χ3n) is 5.14. The number of nitrogens with zero attached hydrogens (tertiary/aromatic N) is 2. The van der Waals surface area contributed by atoms with E-state index in [-0.39, 0.29) is 31.5 Å². The highest BCUT2D eigenvalue weighted by Crippen LogP contribution is 2.28. The Balaban J connectivity index is 0.00000243. The van der Waals surface area contributed by atoms with Gasteiger partial charge in [0.25, 0.3) is 0 Å². The van der Waals surface area contributed by atoms with Crippen molar-refractivity contribution in [2.24, 2.45) is 5.92 Å². The van der Waals surface area contributed by atoms with Crippen molar-refractivity contribution in [3.05, 3.63) is 29.3 Å². The second-order valence-corrected chi connectivity index (χ2v) is 7.05. The van der Waals surface area contributed by atoms with E-state index in [4.69, 9.17) is 9.47 Å². The number of hydrogen-bond acceptors (Lipinski definition) is 4. The Hall–Kier alpha value is -1.89. The van der Waals surface area contributed by atoms with E-state index in [9.17, 15) is 9.59 Å². The van der Waals surface area contributed by atoms with Crippen LogP contribution in [-0.4, -0.2) is 54.6 Å². The molecule has 2 amide bonds. The molecule has 1 atom stereocenters. The van der Waals surface area contributed by atoms with Crippen molar-refractivity contribution in [1.82, 2.24) is 9.80 Å². The Morgan fingerprint density at radius 2 is 1.88 bits per heavy atom. The predicted octanol–water partition coefficient (Wildman–Crippen LogP) is 3.02. The first-order valence-electron chi connectivity index (χ1n) is 8.89. The number of carbonyl (C=O) groups excluding carboxylic acids is 2. The minimum atomic E-state index is -0.390. The SMILES string of the molecule is COC(=O)c1ccc2c(c1)OC[C@H](C)N(C(=O)N1CCC(C)CC1)C2.S. The number of piperidine rings is 1. The third-order valence-corrected chi connectivity index (χ3v) is 5.14. The van der Waals surface area contributed by atoms with Crippen LogP contribution >= 0.6 is 13.5 Å². The van der Waals surface area contributed by atoms with Gasteiger partial charge in [0.15, 0.2) is 0 Å². The molecule has 0 bridgehead atoms. The lowest BCUT2D eigenvalue weighted by Crippen LogP contribution is -2.50. The standard InChI is InChI=1S/C19H26N2O4.H2S/c1-13-6-8-20(9-7-13)19(23)21-11-16-5-4-15(18(22)24-3)10-17(16)25-12-14(21)2;/h4-5,10,13-14H,6-9,11-12H2,1-3H3;1H2/t14-;/m0./s1. The molecule has 144 valence electrons. The van der Waals surface area contributed by atoms with E-state index in [1.54, 1.807) is 12.1 Å². The van der Waals surface area contributed by atoms with Gasteiger partial charge in [-0.1, -0.05) is 13.0 Å². The Labute approximate surface area is 161 Å². The molecule has 0 spiro atoms. The number of likely N-dealkylation sites (tertiary alicyclic amines) is 1. The largest absolute Gasteiger partial charge is 0.491 e. The van der Waals surface area contributed by atoms with Crippen molar-refractivity contribution in [2.45, 2.75) is 39.3 Å². The third kappa shape index (κ3) is 4.26. The van der Waals surface area contributed by atoms with Gasteiger partial charge in [0, 0.05) is 18.7 Å². The fourth-order valence-electron chi connectivity index (χ4n) is 3.34. The van der Waals surface area contributed by atoms with Crippen molar-refractivity contribution < 1.29 is 19.1 Å². The summed E-state index contributed by atoms with van der Waals surface area (Å²) in [5.41, 5.74) is 1.37. The maximum Gasteiger partial charge on any atom is 0.337 e. The first-order valence-corrected chi connectivity index (χ1v) is 8.89. The molecule has 0 aliphatic carbocycles. The second-order valence-electron chi connectivity index (χ2n) is 7.05. The molecule has 1 aromatic rings. The molecule has 0 N–H and O–H groups in total. The summed E-state index contributed by atoms with van der Waals surface area (Å²) < 4.78 is 10.6. The molecule has 0 radical (unpaired) electrons. The van der Waals surface area contributed by atoms with Gasteiger partial charge < -0.3 is 19.3 Å². The summed E-state index contributed by atoms with van der Waals surface area (Å²) in [6, 6.07) is 5.31. The van der Waals surface area contributed by atoms with Crippen LogP contribution in [0.5, 0.6) is 5.75 Å². The minimum Gasteiger partial charge on any atom is -0.491 e. The monoisotopic (exact) mass is 380 g/mol. The van der Waals surface area contributed by atoms with E-state index < -0.39 is 0 Å². The average molecular weight is 381 g/mol. The number of ether oxygens (including phenoxy) is 2. The molecule has 3 rings (SSSR count). The zero-order valence-corrected chi connectivity index (χ0v) is 16.7. The van der Waals surface area contributed by atoms with Crippen molar-refractivity contribution in [3.63, 3.8) is 0 Å². The summed E-state index contributed by atoms with van der Waals surface area (Å²) in [6.45, 7) is 6.77. The lowest BCUT2D eigenvalue weighted by Gasteiger charge is -2.36. The summed E-state index contributed by atoms with van der Waals surface area (Å²) in [5, 5.41) is 0. The Bertz CT molecular complexity index is 659. The highest BCUT2D eigenvalue weighted by molar-refractivity contribution is 7.59. The molecule has 26 heavy (non-hydrogen) atoms. The lowest BCUT2D eigenvalue weighted by atomic mass is 9.99. The van der Waals surface area contributed by atoms with Gasteiger partial charge in [-0.15, -0.1) is 0 Å². The molecule has 1 fully saturated rings. The van der Waals surface area contributed by atoms with Crippen molar-refractivity contribution in [1.29, 1.82) is 0 Å². The van der Waals surface area contributed by atoms with Crippen LogP contribution in [-0.2, 0) is 11.3 Å². The van der Waals surface area contributed by atoms with E-state index in [0.717, 1.165) is 31.5 Å². The van der Waals surface area contributed by atoms with Gasteiger partial charge in [0.05, 0.1) is 25.3 Å². The van der Waals surface area contributed by atoms with Gasteiger partial charge >= 0.3 is 12.0 Å². The van der Waals surface area contributed by atoms with Crippen LogP contribution in [0.1, 0.15) is 42.6 Å². The Kier molecular flexibility index (Phi) is 6.81. The van der Waals surface area contributed by atoms with Crippen LogP contribution < -0.4 is 4.74 Å². The molecule has 6 nitrogen and oxygen atoms in total. The summed E-state index contributed by atoms with van der Waals surface area (Å²) in [5.74, 6) is 0.947. The molecule has 0 unspecified atom stereocenters. The smallest absolute Gasteiger partial charge is 0.337 e. The van der Waals surface area contributed by atoms with Gasteiger partial charge in [0.2, 0.25) is 0 Å². The molecule has 1 aromatic carbocycles. The van der Waals surface area contributed by atoms with Gasteiger partial charge in [-0.3, -0.25) is 0 Å². The fraction of sp³-hybridized carbons (Fsp3) is 0.579. The highest BCUT2D eigenvalue weighted by Gasteiger charge is 2.31. The number of methoxy groups -OCH3 is 1. The van der Waals surface area contributed by atoms with Crippen LogP contribution in [0.25, 0.3) is 0 Å². The van der Waals surface area contributed by atoms with E-state index in [1.807, 2.05) is 22.8 Å². The quantitative estimate of drug-likeness (QED) is 0.703. The van der Waals surface area contributed by atoms with Crippen LogP contribution in [0.2, 0.25) is 0 Å². The Morgan fingerprint density at radius 3 is 2.54 bits per heavy atom. The summed E-state index contributed by atoms with van der Waals surface area (Å²) in [6.07, 6.45) is 2.12. The zero-order valence-electron chi connectivity index (χ0n) is 15.7. The Morgan fingerprint density at radius 1 is 1.19 bits per heavy atom. The topological polar surface area (TPSA) is 59.1 Å². The van der Waals surface area contributed by atoms with Crippen LogP contribution in [0, 0.1) is 5.92 Å². The molecule has 2 heterocycles. The number of benzene rings is 1. The van der Waals surface area contributed by atoms with Crippen LogP contribution in [0.4, 0.5) is 4.79 Å². The molecule has 2 aliphatic rings. The molecule has 7 heteroatoms. The van der Waals surface area contributed by atoms with Crippen molar-refractivity contribution >= 4 is 25.5 Å². The number of fused-ring (bicyclic) bond motifs is 1.